The summed E-state index contributed by atoms with van der Waals surface area (Å²) in [6, 6.07) is 18.3. The second-order valence-electron chi connectivity index (χ2n) is 9.39. The van der Waals surface area contributed by atoms with Crippen LogP contribution >= 0.6 is 34.7 Å². The second-order valence-corrected chi connectivity index (χ2v) is 12.0. The Morgan fingerprint density at radius 2 is 1.77 bits per heavy atom. The second kappa shape index (κ2) is 13.5. The molecule has 5 rings (SSSR count). The molecule has 0 spiro atoms. The Morgan fingerprint density at radius 3 is 2.47 bits per heavy atom. The maximum absolute atomic E-state index is 13.6. The Bertz CT molecular complexity index is 1670. The van der Waals surface area contributed by atoms with Gasteiger partial charge in [0.2, 0.25) is 5.13 Å². The van der Waals surface area contributed by atoms with Gasteiger partial charge in [-0.15, -0.1) is 10.2 Å². The third-order valence-electron chi connectivity index (χ3n) is 6.68. The molecule has 0 saturated carbocycles. The summed E-state index contributed by atoms with van der Waals surface area (Å²) < 4.78 is 17.1. The van der Waals surface area contributed by atoms with Crippen molar-refractivity contribution < 1.29 is 28.9 Å². The molecule has 1 aliphatic heterocycles. The van der Waals surface area contributed by atoms with Gasteiger partial charge >= 0.3 is 5.91 Å². The number of Topliss-reactive ketones (excluding diaryl/α,β-unsaturated/α-hetero) is 1. The van der Waals surface area contributed by atoms with Crippen LogP contribution in [0.4, 0.5) is 5.13 Å². The molecule has 12 heteroatoms. The quantitative estimate of drug-likeness (QED) is 0.0616. The van der Waals surface area contributed by atoms with E-state index in [0.717, 1.165) is 12.0 Å². The Morgan fingerprint density at radius 1 is 1.02 bits per heavy atom. The molecular weight excluding hydrogens is 610 g/mol. The molecule has 0 bridgehead atoms. The number of ketones is 1. The topological polar surface area (TPSA) is 111 Å². The molecule has 1 aromatic heterocycles. The normalized spacial score (nSPS) is 16.0. The standard InChI is InChI=1S/C31H28ClN3O6S2/c1-4-15-41-21-12-9-18(10-13-21)27(36)25-26(19-11-14-23(39-2)24(16-19)40-3)35(29(38)28(25)37)30-33-34-31(43-30)42-17-20-7-5-6-8-22(20)32/h5-14,16,26,36H,4,15,17H2,1-3H3/b27-25-. The number of thioether (sulfide) groups is 1. The lowest BCUT2D eigenvalue weighted by molar-refractivity contribution is -0.132. The predicted octanol–water partition coefficient (Wildman–Crippen LogP) is 6.92. The monoisotopic (exact) mass is 637 g/mol. The van der Waals surface area contributed by atoms with Crippen molar-refractivity contribution in [1.82, 2.24) is 10.2 Å². The molecule has 1 saturated heterocycles. The molecule has 9 nitrogen and oxygen atoms in total. The van der Waals surface area contributed by atoms with Crippen molar-refractivity contribution >= 4 is 57.3 Å². The molecule has 4 aromatic rings. The van der Waals surface area contributed by atoms with Gasteiger partial charge in [0.15, 0.2) is 15.8 Å². The van der Waals surface area contributed by atoms with Crippen molar-refractivity contribution in [3.63, 3.8) is 0 Å². The zero-order valence-corrected chi connectivity index (χ0v) is 26.0. The minimum atomic E-state index is -1.01. The van der Waals surface area contributed by atoms with E-state index < -0.39 is 17.7 Å². The van der Waals surface area contributed by atoms with Crippen LogP contribution in [0.1, 0.15) is 36.1 Å². The number of benzene rings is 3. The first kappa shape index (κ1) is 30.4. The van der Waals surface area contributed by atoms with Crippen LogP contribution in [-0.2, 0) is 15.3 Å². The van der Waals surface area contributed by atoms with Crippen molar-refractivity contribution in [3.05, 3.63) is 94.0 Å². The lowest BCUT2D eigenvalue weighted by Gasteiger charge is -2.23. The third kappa shape index (κ3) is 6.34. The molecule has 1 fully saturated rings. The highest BCUT2D eigenvalue weighted by Crippen LogP contribution is 2.45. The summed E-state index contributed by atoms with van der Waals surface area (Å²) in [6.45, 7) is 2.56. The number of anilines is 1. The van der Waals surface area contributed by atoms with E-state index in [4.69, 9.17) is 25.8 Å². The van der Waals surface area contributed by atoms with Crippen molar-refractivity contribution in [2.24, 2.45) is 0 Å². The van der Waals surface area contributed by atoms with Gasteiger partial charge < -0.3 is 19.3 Å². The number of aromatic nitrogens is 2. The van der Waals surface area contributed by atoms with Crippen molar-refractivity contribution in [1.29, 1.82) is 0 Å². The fraction of sp³-hybridized carbons (Fsp3) is 0.226. The van der Waals surface area contributed by atoms with Gasteiger partial charge in [-0.05, 0) is 60.0 Å². The van der Waals surface area contributed by atoms with Gasteiger partial charge in [0.25, 0.3) is 5.78 Å². The number of halogens is 1. The van der Waals surface area contributed by atoms with E-state index in [-0.39, 0.29) is 16.5 Å². The third-order valence-corrected chi connectivity index (χ3v) is 9.15. The summed E-state index contributed by atoms with van der Waals surface area (Å²) in [4.78, 5) is 28.4. The van der Waals surface area contributed by atoms with Crippen LogP contribution in [0.15, 0.2) is 76.6 Å². The molecule has 222 valence electrons. The van der Waals surface area contributed by atoms with Crippen molar-refractivity contribution in [2.75, 3.05) is 25.7 Å². The van der Waals surface area contributed by atoms with Crippen LogP contribution in [0.25, 0.3) is 5.76 Å². The van der Waals surface area contributed by atoms with Crippen LogP contribution in [0.3, 0.4) is 0 Å². The van der Waals surface area contributed by atoms with Crippen molar-refractivity contribution in [3.8, 4) is 17.2 Å². The molecule has 2 heterocycles. The van der Waals surface area contributed by atoms with Crippen LogP contribution in [0.2, 0.25) is 5.02 Å². The van der Waals surface area contributed by atoms with Crippen LogP contribution in [0, 0.1) is 0 Å². The van der Waals surface area contributed by atoms with E-state index in [9.17, 15) is 14.7 Å². The summed E-state index contributed by atoms with van der Waals surface area (Å²) in [6.07, 6.45) is 0.850. The van der Waals surface area contributed by atoms with Gasteiger partial charge in [-0.3, -0.25) is 14.5 Å². The average Bonchev–Trinajstić information content (AvgIpc) is 3.60. The van der Waals surface area contributed by atoms with Gasteiger partial charge in [-0.2, -0.15) is 0 Å². The number of amides is 1. The number of aliphatic hydroxyl groups is 1. The maximum Gasteiger partial charge on any atom is 0.301 e. The van der Waals surface area contributed by atoms with Gasteiger partial charge in [0.1, 0.15) is 11.5 Å². The van der Waals surface area contributed by atoms with E-state index in [1.54, 1.807) is 42.5 Å². The molecule has 1 unspecified atom stereocenters. The Kier molecular flexibility index (Phi) is 9.54. The lowest BCUT2D eigenvalue weighted by Crippen LogP contribution is -2.29. The highest BCUT2D eigenvalue weighted by Gasteiger charge is 2.48. The molecule has 3 aromatic carbocycles. The number of carbonyl (C=O) groups excluding carboxylic acids is 2. The van der Waals surface area contributed by atoms with E-state index in [0.29, 0.717) is 50.1 Å². The van der Waals surface area contributed by atoms with E-state index >= 15 is 0 Å². The zero-order chi connectivity index (χ0) is 30.5. The van der Waals surface area contributed by atoms with Gasteiger partial charge in [0.05, 0.1) is 32.4 Å². The fourth-order valence-corrected chi connectivity index (χ4v) is 6.72. The molecule has 1 N–H and O–H groups in total. The first-order valence-corrected chi connectivity index (χ1v) is 15.5. The van der Waals surface area contributed by atoms with E-state index in [1.165, 1.54) is 42.2 Å². The number of rotatable bonds is 11. The maximum atomic E-state index is 13.6. The van der Waals surface area contributed by atoms with Gasteiger partial charge in [-0.25, -0.2) is 0 Å². The highest BCUT2D eigenvalue weighted by atomic mass is 35.5. The van der Waals surface area contributed by atoms with Crippen LogP contribution in [-0.4, -0.2) is 47.8 Å². The number of hydrogen-bond acceptors (Lipinski definition) is 10. The molecule has 1 atom stereocenters. The Hall–Kier alpha value is -4.06. The summed E-state index contributed by atoms with van der Waals surface area (Å²) in [5.41, 5.74) is 1.73. The number of aliphatic hydroxyl groups excluding tert-OH is 1. The first-order valence-electron chi connectivity index (χ1n) is 13.3. The van der Waals surface area contributed by atoms with Crippen LogP contribution < -0.4 is 19.1 Å². The van der Waals surface area contributed by atoms with Crippen molar-refractivity contribution in [2.45, 2.75) is 29.5 Å². The molecule has 1 aliphatic rings. The number of hydrogen-bond donors (Lipinski definition) is 1. The predicted molar refractivity (Wildman–Crippen MR) is 167 cm³/mol. The largest absolute Gasteiger partial charge is 0.507 e. The van der Waals surface area contributed by atoms with Gasteiger partial charge in [-0.1, -0.05) is 65.9 Å². The Labute approximate surface area is 262 Å². The van der Waals surface area contributed by atoms with Gasteiger partial charge in [0, 0.05) is 16.3 Å². The van der Waals surface area contributed by atoms with E-state index in [1.807, 2.05) is 31.2 Å². The van der Waals surface area contributed by atoms with E-state index in [2.05, 4.69) is 10.2 Å². The molecule has 0 radical (unpaired) electrons. The number of carbonyl (C=O) groups is 2. The molecular formula is C31H28ClN3O6S2. The summed E-state index contributed by atoms with van der Waals surface area (Å²) in [5, 5.41) is 20.9. The smallest absolute Gasteiger partial charge is 0.301 e. The summed E-state index contributed by atoms with van der Waals surface area (Å²) in [7, 11) is 3.01. The average molecular weight is 638 g/mol. The Balaban J connectivity index is 1.55. The minimum Gasteiger partial charge on any atom is -0.507 e. The zero-order valence-electron chi connectivity index (χ0n) is 23.6. The minimum absolute atomic E-state index is 0.0834. The lowest BCUT2D eigenvalue weighted by atomic mass is 9.95. The highest BCUT2D eigenvalue weighted by molar-refractivity contribution is 8.00. The number of methoxy groups -OCH3 is 2. The van der Waals surface area contributed by atoms with Crippen LogP contribution in [0.5, 0.6) is 17.2 Å². The first-order chi connectivity index (χ1) is 20.9. The number of nitrogens with zero attached hydrogens (tertiary/aromatic N) is 3. The SMILES string of the molecule is CCCOc1ccc(/C(O)=C2/C(=O)C(=O)N(c3nnc(SCc4ccccc4Cl)s3)C2c2ccc(OC)c(OC)c2)cc1. The summed E-state index contributed by atoms with van der Waals surface area (Å²) in [5.74, 6) is 0.0550. The molecule has 43 heavy (non-hydrogen) atoms. The number of ether oxygens (including phenoxy) is 3. The molecule has 1 amide bonds. The summed E-state index contributed by atoms with van der Waals surface area (Å²) >= 11 is 8.89. The fourth-order valence-electron chi connectivity index (χ4n) is 4.57. The molecule has 0 aliphatic carbocycles.